The zero-order chi connectivity index (χ0) is 15.5. The first-order valence-electron chi connectivity index (χ1n) is 7.45. The number of furan rings is 1. The third-order valence-electron chi connectivity index (χ3n) is 3.74. The Balaban J connectivity index is 1.67. The Hall–Kier alpha value is -2.28. The van der Waals surface area contributed by atoms with Crippen molar-refractivity contribution in [1.82, 2.24) is 14.9 Å². The van der Waals surface area contributed by atoms with Crippen LogP contribution >= 0.6 is 0 Å². The molecule has 22 heavy (non-hydrogen) atoms. The first kappa shape index (κ1) is 14.6. The largest absolute Gasteiger partial charge is 0.433 e. The third-order valence-corrected chi connectivity index (χ3v) is 3.74. The van der Waals surface area contributed by atoms with E-state index in [1.54, 1.807) is 6.07 Å². The number of nitrogens with zero attached hydrogens (tertiary/aromatic N) is 4. The van der Waals surface area contributed by atoms with Gasteiger partial charge in [-0.1, -0.05) is 6.92 Å². The van der Waals surface area contributed by atoms with Crippen LogP contribution in [0.5, 0.6) is 0 Å². The Bertz CT molecular complexity index is 683. The Morgan fingerprint density at radius 2 is 2.32 bits per heavy atom. The second kappa shape index (κ2) is 6.23. The molecule has 0 aliphatic carbocycles. The number of aryl methyl sites for hydroxylation is 1. The summed E-state index contributed by atoms with van der Waals surface area (Å²) in [5, 5.41) is 10.6. The van der Waals surface area contributed by atoms with Crippen LogP contribution in [0.2, 0.25) is 0 Å². The Morgan fingerprint density at radius 1 is 1.45 bits per heavy atom. The van der Waals surface area contributed by atoms with Crippen molar-refractivity contribution >= 4 is 5.88 Å². The van der Waals surface area contributed by atoms with Crippen LogP contribution in [-0.4, -0.2) is 26.3 Å². The smallest absolute Gasteiger partial charge is 0.404 e. The lowest BCUT2D eigenvalue weighted by molar-refractivity contribution is -0.402. The summed E-state index contributed by atoms with van der Waals surface area (Å²) in [6, 6.07) is 3.06. The zero-order valence-electron chi connectivity index (χ0n) is 12.5. The molecular weight excluding hydrogens is 284 g/mol. The van der Waals surface area contributed by atoms with Gasteiger partial charge < -0.3 is 4.42 Å². The topological polar surface area (TPSA) is 85.3 Å². The molecule has 3 heterocycles. The van der Waals surface area contributed by atoms with E-state index in [2.05, 4.69) is 21.8 Å². The second-order valence-electron chi connectivity index (χ2n) is 5.47. The first-order chi connectivity index (χ1) is 10.7. The van der Waals surface area contributed by atoms with Gasteiger partial charge >= 0.3 is 5.88 Å². The highest BCUT2D eigenvalue weighted by atomic mass is 16.6. The molecular formula is C15H18N4O3. The number of hydrogen-bond donors (Lipinski definition) is 0. The van der Waals surface area contributed by atoms with E-state index in [1.165, 1.54) is 6.07 Å². The van der Waals surface area contributed by atoms with Crippen LogP contribution < -0.4 is 0 Å². The van der Waals surface area contributed by atoms with Crippen molar-refractivity contribution in [2.24, 2.45) is 0 Å². The van der Waals surface area contributed by atoms with Gasteiger partial charge in [0, 0.05) is 43.4 Å². The van der Waals surface area contributed by atoms with Gasteiger partial charge in [0.05, 0.1) is 12.6 Å². The molecule has 0 spiro atoms. The van der Waals surface area contributed by atoms with Gasteiger partial charge in [-0.3, -0.25) is 15.0 Å². The highest BCUT2D eigenvalue weighted by Gasteiger charge is 2.20. The Labute approximate surface area is 128 Å². The average molecular weight is 302 g/mol. The molecule has 1 aliphatic heterocycles. The molecule has 0 saturated heterocycles. The van der Waals surface area contributed by atoms with E-state index < -0.39 is 4.92 Å². The quantitative estimate of drug-likeness (QED) is 0.623. The molecule has 7 heteroatoms. The minimum atomic E-state index is -0.516. The van der Waals surface area contributed by atoms with Crippen LogP contribution in [0.4, 0.5) is 5.88 Å². The molecule has 3 rings (SSSR count). The molecule has 0 unspecified atom stereocenters. The average Bonchev–Trinajstić information content (AvgIpc) is 2.96. The normalized spacial score (nSPS) is 14.8. The van der Waals surface area contributed by atoms with Crippen molar-refractivity contribution in [2.45, 2.75) is 39.3 Å². The summed E-state index contributed by atoms with van der Waals surface area (Å²) in [4.78, 5) is 21.3. The number of aromatic nitrogens is 2. The molecule has 0 atom stereocenters. The number of hydrogen-bond acceptors (Lipinski definition) is 6. The van der Waals surface area contributed by atoms with Gasteiger partial charge in [0.2, 0.25) is 0 Å². The van der Waals surface area contributed by atoms with Crippen LogP contribution in [0.3, 0.4) is 0 Å². The van der Waals surface area contributed by atoms with Crippen molar-refractivity contribution in [3.8, 4) is 0 Å². The monoisotopic (exact) mass is 302 g/mol. The maximum atomic E-state index is 10.6. The second-order valence-corrected chi connectivity index (χ2v) is 5.47. The van der Waals surface area contributed by atoms with E-state index in [4.69, 9.17) is 4.42 Å². The van der Waals surface area contributed by atoms with E-state index in [1.807, 2.05) is 6.20 Å². The first-order valence-corrected chi connectivity index (χ1v) is 7.45. The predicted molar refractivity (Wildman–Crippen MR) is 79.2 cm³/mol. The third kappa shape index (κ3) is 3.14. The van der Waals surface area contributed by atoms with E-state index in [0.717, 1.165) is 49.4 Å². The lowest BCUT2D eigenvalue weighted by Gasteiger charge is -2.27. The fourth-order valence-electron chi connectivity index (χ4n) is 2.67. The number of rotatable bonds is 5. The standard InChI is InChI=1S/C15H18N4O3/c1-2-3-14-16-8-11-9-18(7-6-13(11)17-14)10-12-4-5-15(22-12)19(20)21/h4-5,8H,2-3,6-7,9-10H2,1H3. The number of nitro groups is 1. The molecule has 0 aromatic carbocycles. The summed E-state index contributed by atoms with van der Waals surface area (Å²) in [6.45, 7) is 4.29. The summed E-state index contributed by atoms with van der Waals surface area (Å²) in [5.74, 6) is 1.31. The van der Waals surface area contributed by atoms with Crippen LogP contribution in [0.15, 0.2) is 22.7 Å². The summed E-state index contributed by atoms with van der Waals surface area (Å²) in [7, 11) is 0. The maximum Gasteiger partial charge on any atom is 0.433 e. The molecule has 1 aliphatic rings. The van der Waals surface area contributed by atoms with E-state index in [9.17, 15) is 10.1 Å². The molecule has 2 aromatic heterocycles. The van der Waals surface area contributed by atoms with Gasteiger partial charge in [-0.15, -0.1) is 0 Å². The van der Waals surface area contributed by atoms with Crippen LogP contribution in [0.25, 0.3) is 0 Å². The minimum Gasteiger partial charge on any atom is -0.404 e. The maximum absolute atomic E-state index is 10.6. The highest BCUT2D eigenvalue weighted by molar-refractivity contribution is 5.22. The van der Waals surface area contributed by atoms with Gasteiger partial charge in [0.25, 0.3) is 0 Å². The Kier molecular flexibility index (Phi) is 4.15. The fourth-order valence-corrected chi connectivity index (χ4v) is 2.67. The molecule has 116 valence electrons. The van der Waals surface area contributed by atoms with Gasteiger partial charge in [-0.25, -0.2) is 9.97 Å². The molecule has 0 fully saturated rings. The lowest BCUT2D eigenvalue weighted by atomic mass is 10.1. The van der Waals surface area contributed by atoms with Crippen LogP contribution in [0.1, 0.15) is 36.2 Å². The van der Waals surface area contributed by atoms with Crippen LogP contribution in [0, 0.1) is 10.1 Å². The van der Waals surface area contributed by atoms with Gasteiger partial charge in [-0.2, -0.15) is 0 Å². The SMILES string of the molecule is CCCc1ncc2c(n1)CCN(Cc1ccc([N+](=O)[O-])o1)C2. The van der Waals surface area contributed by atoms with E-state index in [0.29, 0.717) is 12.3 Å². The van der Waals surface area contributed by atoms with Crippen molar-refractivity contribution in [3.05, 3.63) is 51.3 Å². The summed E-state index contributed by atoms with van der Waals surface area (Å²) < 4.78 is 5.21. The van der Waals surface area contributed by atoms with E-state index >= 15 is 0 Å². The molecule has 7 nitrogen and oxygen atoms in total. The molecule has 0 saturated carbocycles. The van der Waals surface area contributed by atoms with Crippen LogP contribution in [-0.2, 0) is 25.9 Å². The molecule has 0 bridgehead atoms. The number of fused-ring (bicyclic) bond motifs is 1. The van der Waals surface area contributed by atoms with Crippen molar-refractivity contribution in [1.29, 1.82) is 0 Å². The minimum absolute atomic E-state index is 0.208. The fraction of sp³-hybridized carbons (Fsp3) is 0.467. The summed E-state index contributed by atoms with van der Waals surface area (Å²) >= 11 is 0. The summed E-state index contributed by atoms with van der Waals surface area (Å²) in [6.07, 6.45) is 4.73. The zero-order valence-corrected chi connectivity index (χ0v) is 12.5. The van der Waals surface area contributed by atoms with Gasteiger partial charge in [-0.05, 0) is 12.5 Å². The van der Waals surface area contributed by atoms with Crippen molar-refractivity contribution in [3.63, 3.8) is 0 Å². The summed E-state index contributed by atoms with van der Waals surface area (Å²) in [5.41, 5.74) is 2.26. The Morgan fingerprint density at radius 3 is 3.05 bits per heavy atom. The lowest BCUT2D eigenvalue weighted by Crippen LogP contribution is -2.31. The highest BCUT2D eigenvalue weighted by Crippen LogP contribution is 2.21. The molecule has 0 radical (unpaired) electrons. The predicted octanol–water partition coefficient (Wildman–Crippen LogP) is 2.49. The van der Waals surface area contributed by atoms with Gasteiger partial charge in [0.15, 0.2) is 0 Å². The molecule has 0 N–H and O–H groups in total. The van der Waals surface area contributed by atoms with Crippen molar-refractivity contribution in [2.75, 3.05) is 6.54 Å². The molecule has 2 aromatic rings. The van der Waals surface area contributed by atoms with Gasteiger partial charge in [0.1, 0.15) is 16.5 Å². The van der Waals surface area contributed by atoms with Crippen molar-refractivity contribution < 1.29 is 9.34 Å². The van der Waals surface area contributed by atoms with E-state index in [-0.39, 0.29) is 5.88 Å². The molecule has 0 amide bonds.